The molecule has 0 saturated carbocycles. The third-order valence-electron chi connectivity index (χ3n) is 5.44. The summed E-state index contributed by atoms with van der Waals surface area (Å²) in [6.45, 7) is 7.39. The third kappa shape index (κ3) is 3.46. The number of hydrogen-bond donors (Lipinski definition) is 0. The number of aryl methyl sites for hydroxylation is 2. The van der Waals surface area contributed by atoms with E-state index in [2.05, 4.69) is 24.0 Å². The van der Waals surface area contributed by atoms with Gasteiger partial charge in [0.2, 0.25) is 10.0 Å². The summed E-state index contributed by atoms with van der Waals surface area (Å²) in [5.74, 6) is 1.60. The van der Waals surface area contributed by atoms with Gasteiger partial charge in [-0.1, -0.05) is 36.9 Å². The molecule has 0 aliphatic carbocycles. The van der Waals surface area contributed by atoms with Crippen molar-refractivity contribution in [1.29, 1.82) is 0 Å². The van der Waals surface area contributed by atoms with Gasteiger partial charge < -0.3 is 4.57 Å². The highest BCUT2D eigenvalue weighted by Gasteiger charge is 2.34. The largest absolute Gasteiger partial charge is 0.301 e. The quantitative estimate of drug-likeness (QED) is 0.541. The normalized spacial score (nSPS) is 14.8. The number of benzene rings is 1. The van der Waals surface area contributed by atoms with E-state index in [9.17, 15) is 8.42 Å². The number of sulfonamides is 1. The van der Waals surface area contributed by atoms with E-state index in [1.165, 1.54) is 0 Å². The third-order valence-corrected chi connectivity index (χ3v) is 8.29. The second-order valence-corrected chi connectivity index (χ2v) is 10.4. The predicted octanol–water partition coefficient (Wildman–Crippen LogP) is 2.87. The molecule has 1 aliphatic heterocycles. The molecule has 2 aromatic heterocycles. The van der Waals surface area contributed by atoms with Crippen LogP contribution in [0.25, 0.3) is 11.5 Å². The Kier molecular flexibility index (Phi) is 5.73. The zero-order valence-corrected chi connectivity index (χ0v) is 19.3. The van der Waals surface area contributed by atoms with Gasteiger partial charge in [-0.2, -0.15) is 9.40 Å². The van der Waals surface area contributed by atoms with Gasteiger partial charge in [0.15, 0.2) is 11.0 Å². The lowest BCUT2D eigenvalue weighted by atomic mass is 10.1. The Morgan fingerprint density at radius 1 is 1.17 bits per heavy atom. The Bertz CT molecular complexity index is 1180. The molecule has 0 N–H and O–H groups in total. The van der Waals surface area contributed by atoms with Gasteiger partial charge in [-0.15, -0.1) is 10.2 Å². The van der Waals surface area contributed by atoms with Gasteiger partial charge in [0.05, 0.1) is 4.90 Å². The van der Waals surface area contributed by atoms with Crippen molar-refractivity contribution in [2.45, 2.75) is 50.3 Å². The van der Waals surface area contributed by atoms with E-state index in [4.69, 9.17) is 5.10 Å². The van der Waals surface area contributed by atoms with Gasteiger partial charge in [0, 0.05) is 44.4 Å². The van der Waals surface area contributed by atoms with Gasteiger partial charge in [-0.25, -0.2) is 8.42 Å². The molecule has 10 heteroatoms. The molecule has 0 atom stereocenters. The number of aromatic nitrogens is 5. The van der Waals surface area contributed by atoms with E-state index in [0.717, 1.165) is 40.0 Å². The zero-order valence-electron chi connectivity index (χ0n) is 17.7. The topological polar surface area (TPSA) is 85.9 Å². The molecule has 30 heavy (non-hydrogen) atoms. The Balaban J connectivity index is 1.76. The smallest absolute Gasteiger partial charge is 0.243 e. The monoisotopic (exact) mass is 446 g/mol. The number of fused-ring (bicyclic) bond motifs is 1. The van der Waals surface area contributed by atoms with E-state index in [1.807, 2.05) is 35.4 Å². The SMILES string of the molecule is CCSc1nnc(-c2nn(C)c3c2CN(S(=O)(=O)c2ccccc2C)CC3)n1CC. The van der Waals surface area contributed by atoms with Crippen molar-refractivity contribution in [2.75, 3.05) is 12.3 Å². The van der Waals surface area contributed by atoms with Crippen molar-refractivity contribution in [3.63, 3.8) is 0 Å². The van der Waals surface area contributed by atoms with Crippen molar-refractivity contribution in [3.8, 4) is 11.5 Å². The summed E-state index contributed by atoms with van der Waals surface area (Å²) >= 11 is 1.64. The maximum Gasteiger partial charge on any atom is 0.243 e. The summed E-state index contributed by atoms with van der Waals surface area (Å²) in [6.07, 6.45) is 0.612. The number of rotatable bonds is 6. The Hall–Kier alpha value is -2.17. The number of hydrogen-bond acceptors (Lipinski definition) is 6. The molecule has 0 radical (unpaired) electrons. The summed E-state index contributed by atoms with van der Waals surface area (Å²) in [5, 5.41) is 14.3. The second-order valence-electron chi connectivity index (χ2n) is 7.24. The first-order chi connectivity index (χ1) is 14.4. The average molecular weight is 447 g/mol. The van der Waals surface area contributed by atoms with Crippen LogP contribution in [0.15, 0.2) is 34.3 Å². The fourth-order valence-electron chi connectivity index (χ4n) is 3.92. The van der Waals surface area contributed by atoms with Crippen LogP contribution in [-0.4, -0.2) is 49.6 Å². The van der Waals surface area contributed by atoms with Gasteiger partial charge in [-0.3, -0.25) is 4.68 Å². The fraction of sp³-hybridized carbons (Fsp3) is 0.450. The van der Waals surface area contributed by atoms with Crippen molar-refractivity contribution in [2.24, 2.45) is 7.05 Å². The zero-order chi connectivity index (χ0) is 21.5. The molecule has 3 aromatic rings. The first kappa shape index (κ1) is 21.1. The van der Waals surface area contributed by atoms with Crippen LogP contribution in [0.2, 0.25) is 0 Å². The van der Waals surface area contributed by atoms with Crippen LogP contribution in [0.5, 0.6) is 0 Å². The highest BCUT2D eigenvalue weighted by molar-refractivity contribution is 7.99. The van der Waals surface area contributed by atoms with Gasteiger partial charge in [-0.05, 0) is 31.2 Å². The standard InChI is InChI=1S/C20H26N6O2S2/c1-5-26-19(21-22-20(26)29-6-2)18-15-13-25(12-11-16(15)24(4)23-18)30(27,28)17-10-8-7-9-14(17)3/h7-10H,5-6,11-13H2,1-4H3. The van der Waals surface area contributed by atoms with Gasteiger partial charge in [0.25, 0.3) is 0 Å². The first-order valence-corrected chi connectivity index (χ1v) is 12.5. The summed E-state index contributed by atoms with van der Waals surface area (Å²) < 4.78 is 32.1. The van der Waals surface area contributed by atoms with Crippen LogP contribution in [0.3, 0.4) is 0 Å². The Morgan fingerprint density at radius 2 is 1.93 bits per heavy atom. The molecular weight excluding hydrogens is 420 g/mol. The molecule has 0 spiro atoms. The summed E-state index contributed by atoms with van der Waals surface area (Å²) in [4.78, 5) is 0.359. The van der Waals surface area contributed by atoms with Crippen molar-refractivity contribution in [3.05, 3.63) is 41.1 Å². The van der Waals surface area contributed by atoms with E-state index >= 15 is 0 Å². The fourth-order valence-corrected chi connectivity index (χ4v) is 6.28. The van der Waals surface area contributed by atoms with Gasteiger partial charge >= 0.3 is 0 Å². The van der Waals surface area contributed by atoms with Crippen molar-refractivity contribution >= 4 is 21.8 Å². The molecule has 1 aliphatic rings. The van der Waals surface area contributed by atoms with Crippen LogP contribution in [0.1, 0.15) is 30.7 Å². The molecule has 0 saturated heterocycles. The molecular formula is C20H26N6O2S2. The maximum atomic E-state index is 13.3. The lowest BCUT2D eigenvalue weighted by Crippen LogP contribution is -2.36. The summed E-state index contributed by atoms with van der Waals surface area (Å²) in [6, 6.07) is 7.12. The number of thioether (sulfide) groups is 1. The minimum absolute atomic E-state index is 0.280. The van der Waals surface area contributed by atoms with E-state index < -0.39 is 10.0 Å². The minimum atomic E-state index is -3.59. The van der Waals surface area contributed by atoms with Crippen LogP contribution < -0.4 is 0 Å². The molecule has 160 valence electrons. The summed E-state index contributed by atoms with van der Waals surface area (Å²) in [7, 11) is -1.69. The molecule has 0 fully saturated rings. The first-order valence-electron chi connectivity index (χ1n) is 10.0. The maximum absolute atomic E-state index is 13.3. The molecule has 4 rings (SSSR count). The number of nitrogens with zero attached hydrogens (tertiary/aromatic N) is 6. The van der Waals surface area contributed by atoms with Crippen molar-refractivity contribution < 1.29 is 8.42 Å². The predicted molar refractivity (Wildman–Crippen MR) is 117 cm³/mol. The lowest BCUT2D eigenvalue weighted by molar-refractivity contribution is 0.386. The molecule has 8 nitrogen and oxygen atoms in total. The Labute approximate surface area is 181 Å². The van der Waals surface area contributed by atoms with Crippen LogP contribution in [-0.2, 0) is 36.6 Å². The molecule has 3 heterocycles. The molecule has 1 aromatic carbocycles. The Morgan fingerprint density at radius 3 is 2.63 bits per heavy atom. The molecule has 0 bridgehead atoms. The lowest BCUT2D eigenvalue weighted by Gasteiger charge is -2.27. The highest BCUT2D eigenvalue weighted by atomic mass is 32.2. The van der Waals surface area contributed by atoms with Crippen LogP contribution in [0, 0.1) is 6.92 Å². The van der Waals surface area contributed by atoms with E-state index in [0.29, 0.717) is 23.7 Å². The van der Waals surface area contributed by atoms with Crippen LogP contribution in [0.4, 0.5) is 0 Å². The van der Waals surface area contributed by atoms with E-state index in [-0.39, 0.29) is 6.54 Å². The average Bonchev–Trinajstić information content (AvgIpc) is 3.28. The van der Waals surface area contributed by atoms with Crippen molar-refractivity contribution in [1.82, 2.24) is 28.9 Å². The van der Waals surface area contributed by atoms with E-state index in [1.54, 1.807) is 28.2 Å². The molecule has 0 unspecified atom stereocenters. The van der Waals surface area contributed by atoms with Gasteiger partial charge in [0.1, 0.15) is 5.69 Å². The summed E-state index contributed by atoms with van der Waals surface area (Å²) in [5.41, 5.74) is 3.43. The highest BCUT2D eigenvalue weighted by Crippen LogP contribution is 2.33. The second kappa shape index (κ2) is 8.16. The molecule has 0 amide bonds. The van der Waals surface area contributed by atoms with Crippen LogP contribution >= 0.6 is 11.8 Å². The minimum Gasteiger partial charge on any atom is -0.301 e.